The fraction of sp³-hybridized carbons (Fsp3) is 0.211. The van der Waals surface area contributed by atoms with Crippen LogP contribution in [0.15, 0.2) is 53.4 Å². The minimum atomic E-state index is -0.362. The van der Waals surface area contributed by atoms with E-state index in [1.807, 2.05) is 19.1 Å². The van der Waals surface area contributed by atoms with Crippen molar-refractivity contribution >= 4 is 58.3 Å². The topological polar surface area (TPSA) is 67.4 Å². The number of ether oxygens (including phenoxy) is 1. The van der Waals surface area contributed by atoms with Crippen LogP contribution in [0.3, 0.4) is 0 Å². The lowest BCUT2D eigenvalue weighted by Crippen LogP contribution is -2.35. The van der Waals surface area contributed by atoms with Gasteiger partial charge >= 0.3 is 5.97 Å². The second kappa shape index (κ2) is 10.9. The number of benzene rings is 2. The number of carbonyl (C=O) groups is 2. The van der Waals surface area contributed by atoms with Crippen molar-refractivity contribution < 1.29 is 14.3 Å². The Morgan fingerprint density at radius 2 is 1.78 bits per heavy atom. The molecular formula is C19H19ClN2O3S2. The molecule has 8 heteroatoms. The number of amides is 1. The highest BCUT2D eigenvalue weighted by atomic mass is 35.5. The molecule has 0 aliphatic heterocycles. The Balaban J connectivity index is 1.78. The van der Waals surface area contributed by atoms with Crippen molar-refractivity contribution in [1.29, 1.82) is 0 Å². The Morgan fingerprint density at radius 1 is 1.11 bits per heavy atom. The minimum Gasteiger partial charge on any atom is -0.462 e. The highest BCUT2D eigenvalue weighted by Gasteiger charge is 2.08. The van der Waals surface area contributed by atoms with Crippen molar-refractivity contribution in [3.63, 3.8) is 0 Å². The van der Waals surface area contributed by atoms with Crippen LogP contribution in [0.4, 0.5) is 5.69 Å². The lowest BCUT2D eigenvalue weighted by atomic mass is 10.2. The van der Waals surface area contributed by atoms with Gasteiger partial charge in [0.2, 0.25) is 5.91 Å². The van der Waals surface area contributed by atoms with Crippen LogP contribution in [0, 0.1) is 0 Å². The van der Waals surface area contributed by atoms with Gasteiger partial charge in [-0.05, 0) is 67.2 Å². The summed E-state index contributed by atoms with van der Waals surface area (Å²) in [7, 11) is 0. The molecule has 0 fully saturated rings. The summed E-state index contributed by atoms with van der Waals surface area (Å²) in [5.41, 5.74) is 1.13. The third-order valence-electron chi connectivity index (χ3n) is 3.25. The number of thiocarbonyl (C=S) groups is 1. The van der Waals surface area contributed by atoms with E-state index in [0.29, 0.717) is 22.9 Å². The SMILES string of the molecule is CCCOC(=O)c1ccc(NC(=S)NC(=O)CSc2ccc(Cl)cc2)cc1. The zero-order chi connectivity index (χ0) is 19.6. The van der Waals surface area contributed by atoms with Crippen LogP contribution in [-0.2, 0) is 9.53 Å². The average molecular weight is 423 g/mol. The molecule has 1 amide bonds. The summed E-state index contributed by atoms with van der Waals surface area (Å²) < 4.78 is 5.07. The highest BCUT2D eigenvalue weighted by Crippen LogP contribution is 2.20. The van der Waals surface area contributed by atoms with Gasteiger partial charge in [-0.1, -0.05) is 18.5 Å². The summed E-state index contributed by atoms with van der Waals surface area (Å²) in [5, 5.41) is 6.37. The Labute approximate surface area is 172 Å². The number of anilines is 1. The average Bonchev–Trinajstić information content (AvgIpc) is 2.66. The maximum absolute atomic E-state index is 12.0. The third-order valence-corrected chi connectivity index (χ3v) is 4.72. The molecule has 0 radical (unpaired) electrons. The molecule has 0 heterocycles. The number of nitrogens with one attached hydrogen (secondary N) is 2. The first kappa shape index (κ1) is 21.2. The van der Waals surface area contributed by atoms with E-state index in [2.05, 4.69) is 10.6 Å². The van der Waals surface area contributed by atoms with E-state index in [0.717, 1.165) is 11.3 Å². The quantitative estimate of drug-likeness (QED) is 0.388. The van der Waals surface area contributed by atoms with E-state index in [9.17, 15) is 9.59 Å². The van der Waals surface area contributed by atoms with E-state index in [1.165, 1.54) is 11.8 Å². The molecule has 0 unspecified atom stereocenters. The summed E-state index contributed by atoms with van der Waals surface area (Å²) >= 11 is 12.4. The molecule has 0 saturated carbocycles. The summed E-state index contributed by atoms with van der Waals surface area (Å²) in [6, 6.07) is 13.9. The van der Waals surface area contributed by atoms with Gasteiger partial charge in [0.25, 0.3) is 0 Å². The predicted molar refractivity (Wildman–Crippen MR) is 114 cm³/mol. The molecule has 2 aromatic carbocycles. The minimum absolute atomic E-state index is 0.193. The van der Waals surface area contributed by atoms with Gasteiger partial charge in [0.15, 0.2) is 5.11 Å². The maximum atomic E-state index is 12.0. The first-order valence-electron chi connectivity index (χ1n) is 8.24. The lowest BCUT2D eigenvalue weighted by Gasteiger charge is -2.10. The Bertz CT molecular complexity index is 796. The number of halogens is 1. The van der Waals surface area contributed by atoms with Crippen LogP contribution >= 0.6 is 35.6 Å². The summed E-state index contributed by atoms with van der Waals surface area (Å²) in [6.45, 7) is 2.33. The molecule has 0 saturated heterocycles. The monoisotopic (exact) mass is 422 g/mol. The van der Waals surface area contributed by atoms with Crippen molar-refractivity contribution in [2.75, 3.05) is 17.7 Å². The van der Waals surface area contributed by atoms with Gasteiger partial charge in [0.1, 0.15) is 0 Å². The number of esters is 1. The van der Waals surface area contributed by atoms with Crippen LogP contribution in [0.1, 0.15) is 23.7 Å². The first-order chi connectivity index (χ1) is 13.0. The number of thioether (sulfide) groups is 1. The zero-order valence-electron chi connectivity index (χ0n) is 14.7. The number of hydrogen-bond acceptors (Lipinski definition) is 5. The van der Waals surface area contributed by atoms with E-state index in [-0.39, 0.29) is 22.7 Å². The van der Waals surface area contributed by atoms with Gasteiger partial charge in [-0.2, -0.15) is 0 Å². The summed E-state index contributed by atoms with van der Waals surface area (Å²) in [5.74, 6) is -0.350. The maximum Gasteiger partial charge on any atom is 0.338 e. The van der Waals surface area contributed by atoms with Crippen LogP contribution in [-0.4, -0.2) is 29.3 Å². The van der Waals surface area contributed by atoms with Gasteiger partial charge in [-0.25, -0.2) is 4.79 Å². The van der Waals surface area contributed by atoms with Crippen LogP contribution in [0.25, 0.3) is 0 Å². The lowest BCUT2D eigenvalue weighted by molar-refractivity contribution is -0.117. The molecular weight excluding hydrogens is 404 g/mol. The van der Waals surface area contributed by atoms with E-state index < -0.39 is 0 Å². The largest absolute Gasteiger partial charge is 0.462 e. The smallest absolute Gasteiger partial charge is 0.338 e. The first-order valence-corrected chi connectivity index (χ1v) is 10.0. The summed E-state index contributed by atoms with van der Waals surface area (Å²) in [4.78, 5) is 24.7. The zero-order valence-corrected chi connectivity index (χ0v) is 17.0. The fourth-order valence-corrected chi connectivity index (χ4v) is 3.03. The Kier molecular flexibility index (Phi) is 8.57. The molecule has 2 N–H and O–H groups in total. The van der Waals surface area contributed by atoms with Crippen LogP contribution in [0.2, 0.25) is 5.02 Å². The fourth-order valence-electron chi connectivity index (χ4n) is 1.97. The predicted octanol–water partition coefficient (Wildman–Crippen LogP) is 4.51. The van der Waals surface area contributed by atoms with E-state index in [4.69, 9.17) is 28.6 Å². The normalized spacial score (nSPS) is 10.1. The Hall–Kier alpha value is -2.09. The summed E-state index contributed by atoms with van der Waals surface area (Å²) in [6.07, 6.45) is 0.773. The van der Waals surface area contributed by atoms with Gasteiger partial charge < -0.3 is 15.4 Å². The second-order valence-corrected chi connectivity index (χ2v) is 7.35. The standard InChI is InChI=1S/C19H19ClN2O3S2/c1-2-11-25-18(24)13-3-7-15(8-4-13)21-19(26)22-17(23)12-27-16-9-5-14(20)6-10-16/h3-10H,2,11-12H2,1H3,(H2,21,22,23,26). The molecule has 2 aromatic rings. The van der Waals surface area contributed by atoms with Crippen molar-refractivity contribution in [1.82, 2.24) is 5.32 Å². The van der Waals surface area contributed by atoms with Crippen LogP contribution in [0.5, 0.6) is 0 Å². The van der Waals surface area contributed by atoms with Crippen molar-refractivity contribution in [2.24, 2.45) is 0 Å². The van der Waals surface area contributed by atoms with Crippen molar-refractivity contribution in [3.8, 4) is 0 Å². The number of carbonyl (C=O) groups excluding carboxylic acids is 2. The molecule has 27 heavy (non-hydrogen) atoms. The molecule has 5 nitrogen and oxygen atoms in total. The third kappa shape index (κ3) is 7.58. The van der Waals surface area contributed by atoms with Gasteiger partial charge in [0, 0.05) is 15.6 Å². The van der Waals surface area contributed by atoms with Crippen molar-refractivity contribution in [3.05, 3.63) is 59.1 Å². The van der Waals surface area contributed by atoms with Gasteiger partial charge in [0.05, 0.1) is 17.9 Å². The van der Waals surface area contributed by atoms with E-state index in [1.54, 1.807) is 36.4 Å². The molecule has 0 aliphatic carbocycles. The van der Waals surface area contributed by atoms with E-state index >= 15 is 0 Å². The number of rotatable bonds is 7. The molecule has 142 valence electrons. The van der Waals surface area contributed by atoms with Gasteiger partial charge in [-0.3, -0.25) is 4.79 Å². The number of hydrogen-bond donors (Lipinski definition) is 2. The van der Waals surface area contributed by atoms with Crippen molar-refractivity contribution in [2.45, 2.75) is 18.2 Å². The molecule has 0 atom stereocenters. The second-order valence-electron chi connectivity index (χ2n) is 5.46. The molecule has 0 aromatic heterocycles. The molecule has 0 aliphatic rings. The molecule has 0 bridgehead atoms. The highest BCUT2D eigenvalue weighted by molar-refractivity contribution is 8.00. The molecule has 0 spiro atoms. The van der Waals surface area contributed by atoms with Crippen LogP contribution < -0.4 is 10.6 Å². The van der Waals surface area contributed by atoms with Gasteiger partial charge in [-0.15, -0.1) is 11.8 Å². The Morgan fingerprint density at radius 3 is 2.41 bits per heavy atom. The molecule has 2 rings (SSSR count).